The first-order valence-electron chi connectivity index (χ1n) is 6.32. The summed E-state index contributed by atoms with van der Waals surface area (Å²) in [6, 6.07) is 0. The summed E-state index contributed by atoms with van der Waals surface area (Å²) in [6.45, 7) is 3.79. The summed E-state index contributed by atoms with van der Waals surface area (Å²) < 4.78 is 11.0. The summed E-state index contributed by atoms with van der Waals surface area (Å²) in [7, 11) is 1.55. The molecule has 2 heterocycles. The average molecular weight is 265 g/mol. The van der Waals surface area contributed by atoms with Crippen molar-refractivity contribution >= 4 is 5.91 Å². The summed E-state index contributed by atoms with van der Waals surface area (Å²) in [5.74, 6) is -0.123. The molecule has 1 saturated heterocycles. The number of ether oxygens (including phenoxy) is 2. The van der Waals surface area contributed by atoms with Gasteiger partial charge < -0.3 is 15.2 Å². The molecule has 6 nitrogen and oxygen atoms in total. The predicted molar refractivity (Wildman–Crippen MR) is 68.7 cm³/mol. The van der Waals surface area contributed by atoms with Gasteiger partial charge in [0, 0.05) is 12.6 Å². The fraction of sp³-hybridized carbons (Fsp3) is 0.615. The number of carbonyl (C=O) groups is 1. The number of carbonyl (C=O) groups excluding carboxylic acids is 1. The number of hydrogen-bond donors (Lipinski definition) is 1. The second-order valence-electron chi connectivity index (χ2n) is 4.90. The molecule has 0 spiro atoms. The molecule has 0 aromatic carbocycles. The number of rotatable bonds is 4. The quantitative estimate of drug-likeness (QED) is 0.862. The molecule has 1 aromatic heterocycles. The minimum Gasteiger partial charge on any atom is -0.480 e. The zero-order valence-corrected chi connectivity index (χ0v) is 11.4. The maximum absolute atomic E-state index is 11.4. The van der Waals surface area contributed by atoms with Crippen LogP contribution in [-0.2, 0) is 16.0 Å². The number of aromatic nitrogens is 2. The van der Waals surface area contributed by atoms with Gasteiger partial charge in [-0.25, -0.2) is 4.98 Å². The number of hydrogen-bond acceptors (Lipinski definition) is 5. The molecule has 1 aliphatic heterocycles. The standard InChI is InChI=1S/C13H19N3O3/c1-7-6-15-10(13(16-7)18-3)5-11-9(12(14)17)4-8(2)19-11/h6,8-9,11H,4-5H2,1-3H3,(H2,14,17). The van der Waals surface area contributed by atoms with Crippen LogP contribution >= 0.6 is 0 Å². The van der Waals surface area contributed by atoms with Crippen LogP contribution in [0.4, 0.5) is 0 Å². The predicted octanol–water partition coefficient (Wildman–Crippen LogP) is 0.615. The first-order chi connectivity index (χ1) is 9.01. The van der Waals surface area contributed by atoms with Gasteiger partial charge in [-0.3, -0.25) is 9.78 Å². The van der Waals surface area contributed by atoms with E-state index in [-0.39, 0.29) is 24.0 Å². The normalized spacial score (nSPS) is 26.4. The number of aryl methyl sites for hydroxylation is 1. The van der Waals surface area contributed by atoms with Crippen LogP contribution in [0.2, 0.25) is 0 Å². The maximum Gasteiger partial charge on any atom is 0.235 e. The summed E-state index contributed by atoms with van der Waals surface area (Å²) in [6.07, 6.45) is 2.59. The van der Waals surface area contributed by atoms with Gasteiger partial charge in [0.05, 0.1) is 30.9 Å². The van der Waals surface area contributed by atoms with Gasteiger partial charge in [0.15, 0.2) is 0 Å². The van der Waals surface area contributed by atoms with Crippen molar-refractivity contribution in [1.82, 2.24) is 9.97 Å². The molecule has 3 unspecified atom stereocenters. The molecule has 3 atom stereocenters. The Kier molecular flexibility index (Phi) is 3.99. The Balaban J connectivity index is 2.18. The SMILES string of the molecule is COc1nc(C)cnc1CC1OC(C)CC1C(N)=O. The molecule has 2 N–H and O–H groups in total. The Hall–Kier alpha value is -1.69. The van der Waals surface area contributed by atoms with Crippen LogP contribution < -0.4 is 10.5 Å². The van der Waals surface area contributed by atoms with E-state index >= 15 is 0 Å². The van der Waals surface area contributed by atoms with Gasteiger partial charge in [-0.05, 0) is 20.3 Å². The van der Waals surface area contributed by atoms with Gasteiger partial charge in [-0.2, -0.15) is 0 Å². The van der Waals surface area contributed by atoms with Crippen LogP contribution in [0.25, 0.3) is 0 Å². The minimum absolute atomic E-state index is 0.0342. The number of primary amides is 1. The second kappa shape index (κ2) is 5.52. The maximum atomic E-state index is 11.4. The molecule has 1 amide bonds. The number of amides is 1. The lowest BCUT2D eigenvalue weighted by Crippen LogP contribution is -2.31. The summed E-state index contributed by atoms with van der Waals surface area (Å²) >= 11 is 0. The van der Waals surface area contributed by atoms with Crippen LogP contribution in [0.5, 0.6) is 5.88 Å². The zero-order valence-electron chi connectivity index (χ0n) is 11.4. The molecule has 19 heavy (non-hydrogen) atoms. The van der Waals surface area contributed by atoms with E-state index in [0.717, 1.165) is 5.69 Å². The third kappa shape index (κ3) is 3.01. The van der Waals surface area contributed by atoms with E-state index in [9.17, 15) is 4.79 Å². The highest BCUT2D eigenvalue weighted by Gasteiger charge is 2.37. The first-order valence-corrected chi connectivity index (χ1v) is 6.32. The molecule has 104 valence electrons. The van der Waals surface area contributed by atoms with Crippen molar-refractivity contribution in [3.05, 3.63) is 17.6 Å². The van der Waals surface area contributed by atoms with Crippen molar-refractivity contribution in [3.63, 3.8) is 0 Å². The summed E-state index contributed by atoms with van der Waals surface area (Å²) in [4.78, 5) is 20.0. The van der Waals surface area contributed by atoms with Crippen molar-refractivity contribution in [1.29, 1.82) is 0 Å². The van der Waals surface area contributed by atoms with E-state index in [0.29, 0.717) is 24.4 Å². The number of methoxy groups -OCH3 is 1. The number of nitrogens with zero attached hydrogens (tertiary/aromatic N) is 2. The zero-order chi connectivity index (χ0) is 14.0. The van der Waals surface area contributed by atoms with Crippen molar-refractivity contribution < 1.29 is 14.3 Å². The van der Waals surface area contributed by atoms with Crippen molar-refractivity contribution in [2.24, 2.45) is 11.7 Å². The Morgan fingerprint density at radius 3 is 3.00 bits per heavy atom. The minimum atomic E-state index is -0.326. The molecule has 0 saturated carbocycles. The smallest absolute Gasteiger partial charge is 0.235 e. The number of nitrogens with two attached hydrogens (primary N) is 1. The molecule has 1 aliphatic rings. The Morgan fingerprint density at radius 1 is 1.63 bits per heavy atom. The molecular weight excluding hydrogens is 246 g/mol. The monoisotopic (exact) mass is 265 g/mol. The van der Waals surface area contributed by atoms with Gasteiger partial charge in [-0.1, -0.05) is 0 Å². The summed E-state index contributed by atoms with van der Waals surface area (Å²) in [5, 5.41) is 0. The van der Waals surface area contributed by atoms with Crippen LogP contribution in [0.1, 0.15) is 24.7 Å². The van der Waals surface area contributed by atoms with Crippen molar-refractivity contribution in [3.8, 4) is 5.88 Å². The van der Waals surface area contributed by atoms with Crippen LogP contribution in [0.15, 0.2) is 6.20 Å². The fourth-order valence-corrected chi connectivity index (χ4v) is 2.42. The third-order valence-corrected chi connectivity index (χ3v) is 3.33. The molecule has 6 heteroatoms. The van der Waals surface area contributed by atoms with E-state index in [2.05, 4.69) is 9.97 Å². The van der Waals surface area contributed by atoms with E-state index in [4.69, 9.17) is 15.2 Å². The van der Waals surface area contributed by atoms with Crippen LogP contribution in [0.3, 0.4) is 0 Å². The van der Waals surface area contributed by atoms with Gasteiger partial charge in [0.25, 0.3) is 0 Å². The highest BCUT2D eigenvalue weighted by atomic mass is 16.5. The van der Waals surface area contributed by atoms with Gasteiger partial charge in [-0.15, -0.1) is 0 Å². The Morgan fingerprint density at radius 2 is 2.37 bits per heavy atom. The second-order valence-corrected chi connectivity index (χ2v) is 4.90. The average Bonchev–Trinajstić information content (AvgIpc) is 2.72. The van der Waals surface area contributed by atoms with Crippen molar-refractivity contribution in [2.45, 2.75) is 38.9 Å². The van der Waals surface area contributed by atoms with Crippen LogP contribution in [-0.4, -0.2) is 35.2 Å². The molecule has 0 bridgehead atoms. The molecule has 1 fully saturated rings. The third-order valence-electron chi connectivity index (χ3n) is 3.33. The largest absolute Gasteiger partial charge is 0.480 e. The van der Waals surface area contributed by atoms with E-state index in [1.807, 2.05) is 13.8 Å². The van der Waals surface area contributed by atoms with Gasteiger partial charge in [0.2, 0.25) is 11.8 Å². The fourth-order valence-electron chi connectivity index (χ4n) is 2.42. The molecule has 0 aliphatic carbocycles. The van der Waals surface area contributed by atoms with E-state index in [1.54, 1.807) is 13.3 Å². The Bertz CT molecular complexity index is 478. The topological polar surface area (TPSA) is 87.3 Å². The lowest BCUT2D eigenvalue weighted by Gasteiger charge is -2.16. The first kappa shape index (κ1) is 13.7. The van der Waals surface area contributed by atoms with E-state index < -0.39 is 0 Å². The molecular formula is C13H19N3O3. The molecule has 2 rings (SSSR count). The van der Waals surface area contributed by atoms with Gasteiger partial charge in [0.1, 0.15) is 5.69 Å². The lowest BCUT2D eigenvalue weighted by atomic mass is 9.96. The highest BCUT2D eigenvalue weighted by Crippen LogP contribution is 2.29. The molecule has 1 aromatic rings. The lowest BCUT2D eigenvalue weighted by molar-refractivity contribution is -0.123. The van der Waals surface area contributed by atoms with E-state index in [1.165, 1.54) is 0 Å². The summed E-state index contributed by atoms with van der Waals surface area (Å²) in [5.41, 5.74) is 6.89. The van der Waals surface area contributed by atoms with Crippen LogP contribution in [0, 0.1) is 12.8 Å². The highest BCUT2D eigenvalue weighted by molar-refractivity contribution is 5.77. The van der Waals surface area contributed by atoms with Gasteiger partial charge >= 0.3 is 0 Å². The Labute approximate surface area is 112 Å². The molecule has 0 radical (unpaired) electrons. The van der Waals surface area contributed by atoms with Crippen molar-refractivity contribution in [2.75, 3.05) is 7.11 Å².